The van der Waals surface area contributed by atoms with Gasteiger partial charge in [0.15, 0.2) is 5.60 Å². The molecule has 174 valence electrons. The number of carbonyl (C=O) groups is 2. The molecule has 2 amide bonds. The van der Waals surface area contributed by atoms with Gasteiger partial charge in [-0.1, -0.05) is 43.2 Å². The van der Waals surface area contributed by atoms with Gasteiger partial charge in [-0.2, -0.15) is 0 Å². The summed E-state index contributed by atoms with van der Waals surface area (Å²) in [5.41, 5.74) is -0.119. The molecule has 2 aliphatic carbocycles. The largest absolute Gasteiger partial charge is 0.497 e. The number of carbonyl (C=O) groups excluding carboxylic acids is 2. The van der Waals surface area contributed by atoms with Crippen molar-refractivity contribution in [2.75, 3.05) is 26.7 Å². The van der Waals surface area contributed by atoms with Crippen LogP contribution in [0.5, 0.6) is 5.75 Å². The van der Waals surface area contributed by atoms with Crippen molar-refractivity contribution < 1.29 is 19.4 Å². The first kappa shape index (κ1) is 22.0. The van der Waals surface area contributed by atoms with Crippen molar-refractivity contribution in [2.24, 2.45) is 23.7 Å². The van der Waals surface area contributed by atoms with E-state index in [2.05, 4.69) is 5.32 Å². The highest BCUT2D eigenvalue weighted by atomic mass is 16.5. The predicted octanol–water partition coefficient (Wildman–Crippen LogP) is 3.21. The van der Waals surface area contributed by atoms with E-state index in [0.717, 1.165) is 44.5 Å². The van der Waals surface area contributed by atoms with E-state index in [-0.39, 0.29) is 17.7 Å². The van der Waals surface area contributed by atoms with Crippen LogP contribution in [0.3, 0.4) is 0 Å². The van der Waals surface area contributed by atoms with Gasteiger partial charge in [0.25, 0.3) is 11.8 Å². The number of aliphatic hydroxyl groups is 1. The third kappa shape index (κ3) is 4.01. The van der Waals surface area contributed by atoms with Crippen molar-refractivity contribution in [3.8, 4) is 5.75 Å². The average Bonchev–Trinajstić information content (AvgIpc) is 3.27. The number of hydrogen-bond acceptors (Lipinski definition) is 4. The molecule has 3 unspecified atom stereocenters. The third-order valence-electron chi connectivity index (χ3n) is 8.00. The lowest BCUT2D eigenvalue weighted by molar-refractivity contribution is -0.147. The van der Waals surface area contributed by atoms with Gasteiger partial charge in [-0.25, -0.2) is 0 Å². The molecule has 2 aromatic carbocycles. The summed E-state index contributed by atoms with van der Waals surface area (Å²) in [5, 5.41) is 14.7. The van der Waals surface area contributed by atoms with Crippen LogP contribution in [-0.4, -0.2) is 48.6 Å². The molecule has 0 spiro atoms. The highest BCUT2D eigenvalue weighted by molar-refractivity contribution is 5.94. The Morgan fingerprint density at radius 3 is 2.27 bits per heavy atom. The van der Waals surface area contributed by atoms with Crippen LogP contribution in [0.1, 0.15) is 41.6 Å². The molecule has 3 atom stereocenters. The first-order valence-corrected chi connectivity index (χ1v) is 12.0. The number of piperidine rings is 1. The molecule has 5 rings (SSSR count). The molecular weight excluding hydrogens is 416 g/mol. The van der Waals surface area contributed by atoms with Gasteiger partial charge in [0.05, 0.1) is 7.11 Å². The van der Waals surface area contributed by atoms with Crippen LogP contribution in [0.2, 0.25) is 0 Å². The highest BCUT2D eigenvalue weighted by Gasteiger charge is 2.57. The number of rotatable bonds is 7. The van der Waals surface area contributed by atoms with Crippen LogP contribution in [0.4, 0.5) is 0 Å². The van der Waals surface area contributed by atoms with Crippen LogP contribution >= 0.6 is 0 Å². The van der Waals surface area contributed by atoms with Crippen LogP contribution in [0, 0.1) is 23.7 Å². The number of hydrogen-bond donors (Lipinski definition) is 2. The SMILES string of the molecule is COc1ccc(C(=O)N2CC3C(CNC(=O)C(O)(c4ccccc4)C4CCCC4)C3C2)cc1. The smallest absolute Gasteiger partial charge is 0.256 e. The molecule has 1 aliphatic heterocycles. The summed E-state index contributed by atoms with van der Waals surface area (Å²) in [4.78, 5) is 28.0. The maximum absolute atomic E-state index is 13.3. The van der Waals surface area contributed by atoms with Crippen molar-refractivity contribution in [1.29, 1.82) is 0 Å². The normalized spacial score (nSPS) is 25.9. The van der Waals surface area contributed by atoms with Crippen molar-refractivity contribution in [3.05, 3.63) is 65.7 Å². The van der Waals surface area contributed by atoms with Crippen LogP contribution < -0.4 is 10.1 Å². The molecule has 0 bridgehead atoms. The zero-order valence-electron chi connectivity index (χ0n) is 19.1. The summed E-state index contributed by atoms with van der Waals surface area (Å²) in [5.74, 6) is 1.67. The maximum atomic E-state index is 13.3. The van der Waals surface area contributed by atoms with Gasteiger partial charge in [-0.05, 0) is 60.4 Å². The summed E-state index contributed by atoms with van der Waals surface area (Å²) in [7, 11) is 1.61. The molecule has 6 heteroatoms. The van der Waals surface area contributed by atoms with Gasteiger partial charge in [0.2, 0.25) is 0 Å². The second-order valence-electron chi connectivity index (χ2n) is 9.75. The Hall–Kier alpha value is -2.86. The third-order valence-corrected chi connectivity index (χ3v) is 8.00. The van der Waals surface area contributed by atoms with E-state index < -0.39 is 5.60 Å². The minimum atomic E-state index is -1.47. The zero-order valence-corrected chi connectivity index (χ0v) is 19.1. The summed E-state index contributed by atoms with van der Waals surface area (Å²) in [6.45, 7) is 2.00. The second-order valence-corrected chi connectivity index (χ2v) is 9.75. The predicted molar refractivity (Wildman–Crippen MR) is 125 cm³/mol. The number of ether oxygens (including phenoxy) is 1. The number of nitrogens with one attached hydrogen (secondary N) is 1. The molecule has 0 radical (unpaired) electrons. The summed E-state index contributed by atoms with van der Waals surface area (Å²) in [6.07, 6.45) is 3.85. The van der Waals surface area contributed by atoms with Crippen molar-refractivity contribution in [1.82, 2.24) is 10.2 Å². The molecule has 3 aliphatic rings. The minimum absolute atomic E-state index is 0.0452. The van der Waals surface area contributed by atoms with Crippen molar-refractivity contribution in [2.45, 2.75) is 31.3 Å². The van der Waals surface area contributed by atoms with E-state index in [9.17, 15) is 14.7 Å². The molecule has 2 N–H and O–H groups in total. The van der Waals surface area contributed by atoms with Gasteiger partial charge in [0, 0.05) is 31.1 Å². The first-order chi connectivity index (χ1) is 16.0. The molecule has 1 heterocycles. The van der Waals surface area contributed by atoms with E-state index in [1.807, 2.05) is 35.2 Å². The van der Waals surface area contributed by atoms with Crippen molar-refractivity contribution in [3.63, 3.8) is 0 Å². The fourth-order valence-corrected chi connectivity index (χ4v) is 5.97. The van der Waals surface area contributed by atoms with Crippen LogP contribution in [0.15, 0.2) is 54.6 Å². The van der Waals surface area contributed by atoms with Crippen molar-refractivity contribution >= 4 is 11.8 Å². The molecule has 33 heavy (non-hydrogen) atoms. The summed E-state index contributed by atoms with van der Waals surface area (Å²) >= 11 is 0. The van der Waals surface area contributed by atoms with Gasteiger partial charge in [-0.3, -0.25) is 9.59 Å². The highest BCUT2D eigenvalue weighted by Crippen LogP contribution is 2.51. The zero-order chi connectivity index (χ0) is 23.0. The lowest BCUT2D eigenvalue weighted by atomic mass is 9.79. The van der Waals surface area contributed by atoms with Crippen LogP contribution in [-0.2, 0) is 10.4 Å². The topological polar surface area (TPSA) is 78.9 Å². The average molecular weight is 449 g/mol. The van der Waals surface area contributed by atoms with E-state index in [4.69, 9.17) is 4.74 Å². The van der Waals surface area contributed by atoms with E-state index in [1.54, 1.807) is 31.4 Å². The van der Waals surface area contributed by atoms with E-state index in [0.29, 0.717) is 35.4 Å². The Balaban J connectivity index is 1.17. The first-order valence-electron chi connectivity index (χ1n) is 12.0. The lowest BCUT2D eigenvalue weighted by Gasteiger charge is -2.33. The summed E-state index contributed by atoms with van der Waals surface area (Å²) in [6, 6.07) is 16.6. The number of nitrogens with zero attached hydrogens (tertiary/aromatic N) is 1. The number of amides is 2. The van der Waals surface area contributed by atoms with E-state index in [1.165, 1.54) is 0 Å². The molecule has 1 saturated heterocycles. The fraction of sp³-hybridized carbons (Fsp3) is 0.481. The van der Waals surface area contributed by atoms with Gasteiger partial charge in [-0.15, -0.1) is 0 Å². The van der Waals surface area contributed by atoms with Crippen LogP contribution in [0.25, 0.3) is 0 Å². The molecule has 3 fully saturated rings. The molecule has 6 nitrogen and oxygen atoms in total. The molecule has 0 aromatic heterocycles. The minimum Gasteiger partial charge on any atom is -0.497 e. The fourth-order valence-electron chi connectivity index (χ4n) is 5.97. The van der Waals surface area contributed by atoms with E-state index >= 15 is 0 Å². The maximum Gasteiger partial charge on any atom is 0.256 e. The monoisotopic (exact) mass is 448 g/mol. The Bertz CT molecular complexity index is 991. The number of likely N-dealkylation sites (tertiary alicyclic amines) is 1. The Morgan fingerprint density at radius 1 is 1.03 bits per heavy atom. The Kier molecular flexibility index (Phi) is 5.87. The Labute approximate surface area is 194 Å². The number of fused-ring (bicyclic) bond motifs is 1. The standard InChI is InChI=1S/C27H32N2O4/c1-33-21-13-11-18(12-14-21)25(30)29-16-23-22(24(23)17-29)15-28-26(31)27(32,20-9-5-6-10-20)19-7-3-2-4-8-19/h2-4,7-8,11-14,20,22-24,32H,5-6,9-10,15-17H2,1H3,(H,28,31). The molecule has 2 saturated carbocycles. The quantitative estimate of drug-likeness (QED) is 0.682. The molecular formula is C27H32N2O4. The molecule has 2 aromatic rings. The lowest BCUT2D eigenvalue weighted by Crippen LogP contribution is -2.49. The number of benzene rings is 2. The Morgan fingerprint density at radius 2 is 1.67 bits per heavy atom. The summed E-state index contributed by atoms with van der Waals surface area (Å²) < 4.78 is 5.17. The van der Waals surface area contributed by atoms with Gasteiger partial charge in [0.1, 0.15) is 5.75 Å². The van der Waals surface area contributed by atoms with Gasteiger partial charge >= 0.3 is 0 Å². The second kappa shape index (κ2) is 8.82. The van der Waals surface area contributed by atoms with Gasteiger partial charge < -0.3 is 20.1 Å². The number of methoxy groups -OCH3 is 1.